The van der Waals surface area contributed by atoms with Crippen LogP contribution in [0, 0.1) is 11.6 Å². The number of phenols is 1. The number of hydrogen-bond acceptors (Lipinski definition) is 3. The molecule has 0 radical (unpaired) electrons. The summed E-state index contributed by atoms with van der Waals surface area (Å²) in [6, 6.07) is 8.94. The zero-order chi connectivity index (χ0) is 17.3. The van der Waals surface area contributed by atoms with E-state index in [0.29, 0.717) is 24.7 Å². The van der Waals surface area contributed by atoms with E-state index in [-0.39, 0.29) is 22.9 Å². The van der Waals surface area contributed by atoms with Crippen LogP contribution in [0.2, 0.25) is 0 Å². The van der Waals surface area contributed by atoms with Crippen molar-refractivity contribution in [2.24, 2.45) is 0 Å². The minimum Gasteiger partial charge on any atom is -0.507 e. The number of hydrogen-bond donors (Lipinski definition) is 1. The van der Waals surface area contributed by atoms with Crippen LogP contribution in [0.25, 0.3) is 0 Å². The minimum atomic E-state index is -0.537. The fraction of sp³-hybridized carbons (Fsp3) is 0.316. The Bertz CT molecular complexity index is 755. The van der Waals surface area contributed by atoms with Gasteiger partial charge in [-0.15, -0.1) is 0 Å². The van der Waals surface area contributed by atoms with Crippen molar-refractivity contribution in [2.45, 2.75) is 38.9 Å². The predicted octanol–water partition coefficient (Wildman–Crippen LogP) is 4.04. The predicted molar refractivity (Wildman–Crippen MR) is 86.7 cm³/mol. The first-order valence-corrected chi connectivity index (χ1v) is 7.95. The van der Waals surface area contributed by atoms with E-state index in [0.717, 1.165) is 24.5 Å². The van der Waals surface area contributed by atoms with Gasteiger partial charge in [0.25, 0.3) is 0 Å². The van der Waals surface area contributed by atoms with Crippen LogP contribution in [-0.4, -0.2) is 21.8 Å². The molecule has 3 nitrogen and oxygen atoms in total. The summed E-state index contributed by atoms with van der Waals surface area (Å²) >= 11 is 0. The Morgan fingerprint density at radius 1 is 1.12 bits per heavy atom. The highest BCUT2D eigenvalue weighted by molar-refractivity contribution is 5.97. The summed E-state index contributed by atoms with van der Waals surface area (Å²) in [5.74, 6) is -1.35. The molecule has 1 fully saturated rings. The van der Waals surface area contributed by atoms with Gasteiger partial charge in [0.15, 0.2) is 5.78 Å². The van der Waals surface area contributed by atoms with Crippen molar-refractivity contribution < 1.29 is 18.7 Å². The van der Waals surface area contributed by atoms with Gasteiger partial charge < -0.3 is 5.11 Å². The molecule has 0 heterocycles. The van der Waals surface area contributed by atoms with Crippen LogP contribution in [0.1, 0.15) is 41.3 Å². The molecule has 0 spiro atoms. The second-order valence-corrected chi connectivity index (χ2v) is 6.28. The molecular formula is C19H19F2NO2. The molecule has 1 aliphatic carbocycles. The van der Waals surface area contributed by atoms with Gasteiger partial charge >= 0.3 is 0 Å². The lowest BCUT2D eigenvalue weighted by atomic mass is 10.0. The third-order valence-electron chi connectivity index (χ3n) is 4.27. The van der Waals surface area contributed by atoms with E-state index in [4.69, 9.17) is 0 Å². The Morgan fingerprint density at radius 2 is 1.79 bits per heavy atom. The fourth-order valence-corrected chi connectivity index (χ4v) is 2.84. The number of rotatable bonds is 6. The molecule has 1 aliphatic rings. The summed E-state index contributed by atoms with van der Waals surface area (Å²) in [6.45, 7) is 2.22. The Balaban J connectivity index is 1.84. The van der Waals surface area contributed by atoms with Gasteiger partial charge in [0.05, 0.1) is 5.56 Å². The van der Waals surface area contributed by atoms with E-state index in [1.165, 1.54) is 25.1 Å². The van der Waals surface area contributed by atoms with Crippen molar-refractivity contribution in [2.75, 3.05) is 0 Å². The monoisotopic (exact) mass is 331 g/mol. The Morgan fingerprint density at radius 3 is 2.38 bits per heavy atom. The number of ketones is 1. The molecule has 5 heteroatoms. The molecule has 0 bridgehead atoms. The number of aromatic hydroxyl groups is 1. The average Bonchev–Trinajstić information content (AvgIpc) is 3.36. The van der Waals surface area contributed by atoms with E-state index in [2.05, 4.69) is 4.90 Å². The van der Waals surface area contributed by atoms with Crippen molar-refractivity contribution in [1.82, 2.24) is 4.90 Å². The lowest BCUT2D eigenvalue weighted by Crippen LogP contribution is -2.25. The number of Topliss-reactive ketones (excluding diaryl/α,β-unsaturated/α-hetero) is 1. The molecular weight excluding hydrogens is 312 g/mol. The molecule has 0 aliphatic heterocycles. The molecule has 0 atom stereocenters. The van der Waals surface area contributed by atoms with Crippen LogP contribution in [0.3, 0.4) is 0 Å². The quantitative estimate of drug-likeness (QED) is 0.812. The van der Waals surface area contributed by atoms with Crippen LogP contribution < -0.4 is 0 Å². The summed E-state index contributed by atoms with van der Waals surface area (Å²) < 4.78 is 26.8. The van der Waals surface area contributed by atoms with Crippen LogP contribution in [0.4, 0.5) is 8.78 Å². The number of halogens is 2. The normalized spacial score (nSPS) is 14.2. The first-order valence-electron chi connectivity index (χ1n) is 7.95. The summed E-state index contributed by atoms with van der Waals surface area (Å²) in [5.41, 5.74) is 1.35. The first kappa shape index (κ1) is 16.6. The van der Waals surface area contributed by atoms with E-state index in [9.17, 15) is 18.7 Å². The molecule has 126 valence electrons. The van der Waals surface area contributed by atoms with Gasteiger partial charge in [-0.1, -0.05) is 12.1 Å². The Labute approximate surface area is 139 Å². The maximum Gasteiger partial charge on any atom is 0.163 e. The van der Waals surface area contributed by atoms with Crippen molar-refractivity contribution in [3.8, 4) is 5.75 Å². The molecule has 2 aromatic carbocycles. The summed E-state index contributed by atoms with van der Waals surface area (Å²) in [7, 11) is 0. The maximum atomic E-state index is 13.8. The molecule has 1 N–H and O–H groups in total. The second-order valence-electron chi connectivity index (χ2n) is 6.28. The summed E-state index contributed by atoms with van der Waals surface area (Å²) in [6.07, 6.45) is 2.08. The number of carbonyl (C=O) groups is 1. The van der Waals surface area contributed by atoms with Gasteiger partial charge in [-0.2, -0.15) is 0 Å². The standard InChI is InChI=1S/C19H19F2NO2/c1-12(23)18-9-16(21)8-14(19(18)24)11-22(17-6-7-17)10-13-2-4-15(20)5-3-13/h2-5,8-9,17,24H,6-7,10-11H2,1H3. The molecule has 1 saturated carbocycles. The lowest BCUT2D eigenvalue weighted by molar-refractivity contribution is 0.101. The van der Waals surface area contributed by atoms with Gasteiger partial charge in [0.1, 0.15) is 17.4 Å². The zero-order valence-corrected chi connectivity index (χ0v) is 13.4. The largest absolute Gasteiger partial charge is 0.507 e. The van der Waals surface area contributed by atoms with E-state index >= 15 is 0 Å². The van der Waals surface area contributed by atoms with Crippen LogP contribution >= 0.6 is 0 Å². The van der Waals surface area contributed by atoms with Crippen LogP contribution in [-0.2, 0) is 13.1 Å². The molecule has 3 rings (SSSR count). The summed E-state index contributed by atoms with van der Waals surface area (Å²) in [5, 5.41) is 10.3. The SMILES string of the molecule is CC(=O)c1cc(F)cc(CN(Cc2ccc(F)cc2)C2CC2)c1O. The van der Waals surface area contributed by atoms with Crippen molar-refractivity contribution >= 4 is 5.78 Å². The topological polar surface area (TPSA) is 40.5 Å². The zero-order valence-electron chi connectivity index (χ0n) is 13.4. The van der Waals surface area contributed by atoms with E-state index in [1.807, 2.05) is 0 Å². The first-order chi connectivity index (χ1) is 11.4. The van der Waals surface area contributed by atoms with E-state index in [1.54, 1.807) is 12.1 Å². The van der Waals surface area contributed by atoms with Gasteiger partial charge in [-0.3, -0.25) is 9.69 Å². The molecule has 0 saturated heterocycles. The molecule has 0 unspecified atom stereocenters. The molecule has 0 aromatic heterocycles. The van der Waals surface area contributed by atoms with Crippen LogP contribution in [0.5, 0.6) is 5.75 Å². The van der Waals surface area contributed by atoms with Gasteiger partial charge in [-0.05, 0) is 49.6 Å². The maximum absolute atomic E-state index is 13.8. The molecule has 0 amide bonds. The van der Waals surface area contributed by atoms with Gasteiger partial charge in [-0.25, -0.2) is 8.78 Å². The van der Waals surface area contributed by atoms with Crippen LogP contribution in [0.15, 0.2) is 36.4 Å². The van der Waals surface area contributed by atoms with Gasteiger partial charge in [0, 0.05) is 24.7 Å². The lowest BCUT2D eigenvalue weighted by Gasteiger charge is -2.23. The second kappa shape index (κ2) is 6.69. The summed E-state index contributed by atoms with van der Waals surface area (Å²) in [4.78, 5) is 13.7. The Hall–Kier alpha value is -2.27. The van der Waals surface area contributed by atoms with E-state index < -0.39 is 5.82 Å². The van der Waals surface area contributed by atoms with Crippen molar-refractivity contribution in [1.29, 1.82) is 0 Å². The highest BCUT2D eigenvalue weighted by atomic mass is 19.1. The third kappa shape index (κ3) is 3.79. The third-order valence-corrected chi connectivity index (χ3v) is 4.27. The smallest absolute Gasteiger partial charge is 0.163 e. The molecule has 24 heavy (non-hydrogen) atoms. The highest BCUT2D eigenvalue weighted by Gasteiger charge is 2.30. The number of benzene rings is 2. The fourth-order valence-electron chi connectivity index (χ4n) is 2.84. The number of nitrogens with zero attached hydrogens (tertiary/aromatic N) is 1. The van der Waals surface area contributed by atoms with Crippen molar-refractivity contribution in [3.63, 3.8) is 0 Å². The number of carbonyl (C=O) groups excluding carboxylic acids is 1. The average molecular weight is 331 g/mol. The molecule has 2 aromatic rings. The highest BCUT2D eigenvalue weighted by Crippen LogP contribution is 2.33. The minimum absolute atomic E-state index is 0.00234. The number of phenolic OH excluding ortho intramolecular Hbond substituents is 1. The Kier molecular flexibility index (Phi) is 4.62. The van der Waals surface area contributed by atoms with Crippen molar-refractivity contribution in [3.05, 3.63) is 64.7 Å². The van der Waals surface area contributed by atoms with Gasteiger partial charge in [0.2, 0.25) is 0 Å².